The lowest BCUT2D eigenvalue weighted by atomic mass is 10.2. The molecule has 112 valence electrons. The van der Waals surface area contributed by atoms with Crippen LogP contribution in [-0.4, -0.2) is 29.5 Å². The van der Waals surface area contributed by atoms with Crippen LogP contribution in [0.1, 0.15) is 10.5 Å². The highest BCUT2D eigenvalue weighted by Crippen LogP contribution is 2.24. The van der Waals surface area contributed by atoms with E-state index in [1.54, 1.807) is 24.4 Å². The highest BCUT2D eigenvalue weighted by atomic mass is 32.2. The summed E-state index contributed by atoms with van der Waals surface area (Å²) in [6, 6.07) is 9.76. The van der Waals surface area contributed by atoms with Crippen molar-refractivity contribution in [1.29, 1.82) is 0 Å². The van der Waals surface area contributed by atoms with Crippen molar-refractivity contribution in [3.8, 4) is 0 Å². The van der Waals surface area contributed by atoms with Crippen molar-refractivity contribution in [3.05, 3.63) is 54.5 Å². The van der Waals surface area contributed by atoms with Gasteiger partial charge in [0, 0.05) is 17.8 Å². The minimum Gasteiger partial charge on any atom is -0.477 e. The molecule has 22 heavy (non-hydrogen) atoms. The van der Waals surface area contributed by atoms with Crippen molar-refractivity contribution < 1.29 is 18.3 Å². The molecule has 0 aliphatic rings. The number of fused-ring (bicyclic) bond motifs is 1. The number of hydrogen-bond acceptors (Lipinski definition) is 4. The summed E-state index contributed by atoms with van der Waals surface area (Å²) in [4.78, 5) is 17.2. The van der Waals surface area contributed by atoms with Gasteiger partial charge in [-0.1, -0.05) is 18.2 Å². The predicted molar refractivity (Wildman–Crippen MR) is 80.3 cm³/mol. The molecule has 3 aromatic rings. The van der Waals surface area contributed by atoms with Crippen molar-refractivity contribution in [2.45, 2.75) is 4.90 Å². The lowest BCUT2D eigenvalue weighted by Crippen LogP contribution is -2.12. The summed E-state index contributed by atoms with van der Waals surface area (Å²) in [5, 5.41) is 9.63. The summed E-state index contributed by atoms with van der Waals surface area (Å²) >= 11 is 0. The average molecular weight is 317 g/mol. The topological polar surface area (TPSA) is 112 Å². The number of carboxylic acids is 1. The molecule has 0 fully saturated rings. The van der Waals surface area contributed by atoms with E-state index in [1.807, 2.05) is 12.1 Å². The van der Waals surface area contributed by atoms with E-state index < -0.39 is 16.0 Å². The molecule has 8 heteroatoms. The van der Waals surface area contributed by atoms with Gasteiger partial charge in [-0.15, -0.1) is 0 Å². The van der Waals surface area contributed by atoms with Crippen LogP contribution in [0.25, 0.3) is 10.9 Å². The Labute approximate surface area is 125 Å². The Morgan fingerprint density at radius 3 is 2.73 bits per heavy atom. The summed E-state index contributed by atoms with van der Waals surface area (Å²) in [5.41, 5.74) is 0.648. The minimum absolute atomic E-state index is 0.155. The smallest absolute Gasteiger partial charge is 0.352 e. The second-order valence-electron chi connectivity index (χ2n) is 4.54. The fraction of sp³-hybridized carbons (Fsp3) is 0. The third kappa shape index (κ3) is 2.51. The number of nitrogens with one attached hydrogen (secondary N) is 2. The maximum atomic E-state index is 12.3. The molecule has 2 heterocycles. The lowest BCUT2D eigenvalue weighted by molar-refractivity contribution is 0.0691. The van der Waals surface area contributed by atoms with Gasteiger partial charge in [-0.2, -0.15) is 0 Å². The first-order chi connectivity index (χ1) is 10.5. The number of rotatable bonds is 4. The van der Waals surface area contributed by atoms with Crippen LogP contribution < -0.4 is 4.72 Å². The average Bonchev–Trinajstić information content (AvgIpc) is 2.98. The summed E-state index contributed by atoms with van der Waals surface area (Å²) in [5.74, 6) is -1.23. The van der Waals surface area contributed by atoms with E-state index in [-0.39, 0.29) is 10.6 Å². The van der Waals surface area contributed by atoms with Gasteiger partial charge in [-0.3, -0.25) is 9.71 Å². The first-order valence-corrected chi connectivity index (χ1v) is 7.74. The van der Waals surface area contributed by atoms with E-state index >= 15 is 0 Å². The molecule has 0 spiro atoms. The SMILES string of the molecule is O=C(O)c1cc(S(=O)(=O)Nc2cccc3cccnc23)c[nH]1. The molecule has 0 radical (unpaired) electrons. The molecule has 7 nitrogen and oxygen atoms in total. The second-order valence-corrected chi connectivity index (χ2v) is 6.22. The number of nitrogens with zero attached hydrogens (tertiary/aromatic N) is 1. The largest absolute Gasteiger partial charge is 0.477 e. The van der Waals surface area contributed by atoms with Crippen LogP contribution in [0, 0.1) is 0 Å². The van der Waals surface area contributed by atoms with Crippen molar-refractivity contribution >= 4 is 32.6 Å². The molecule has 3 N–H and O–H groups in total. The van der Waals surface area contributed by atoms with Gasteiger partial charge >= 0.3 is 5.97 Å². The molecule has 0 unspecified atom stereocenters. The Morgan fingerprint density at radius 1 is 1.23 bits per heavy atom. The van der Waals surface area contributed by atoms with Gasteiger partial charge in [0.15, 0.2) is 0 Å². The molecule has 0 saturated heterocycles. The van der Waals surface area contributed by atoms with Gasteiger partial charge in [-0.25, -0.2) is 13.2 Å². The molecular weight excluding hydrogens is 306 g/mol. The number of carboxylic acid groups (broad SMARTS) is 1. The fourth-order valence-electron chi connectivity index (χ4n) is 2.04. The maximum absolute atomic E-state index is 12.3. The third-order valence-electron chi connectivity index (χ3n) is 3.07. The number of anilines is 1. The summed E-state index contributed by atoms with van der Waals surface area (Å²) < 4.78 is 27.1. The van der Waals surface area contributed by atoms with Gasteiger partial charge < -0.3 is 10.1 Å². The highest BCUT2D eigenvalue weighted by Gasteiger charge is 2.19. The molecule has 0 aliphatic carbocycles. The van der Waals surface area contributed by atoms with E-state index in [9.17, 15) is 13.2 Å². The van der Waals surface area contributed by atoms with Crippen LogP contribution in [0.5, 0.6) is 0 Å². The summed E-state index contributed by atoms with van der Waals surface area (Å²) in [6.07, 6.45) is 2.70. The van der Waals surface area contributed by atoms with E-state index in [1.165, 1.54) is 0 Å². The van der Waals surface area contributed by atoms with Crippen molar-refractivity contribution in [2.24, 2.45) is 0 Å². The number of pyridine rings is 1. The second kappa shape index (κ2) is 5.15. The van der Waals surface area contributed by atoms with Gasteiger partial charge in [0.05, 0.1) is 11.2 Å². The number of carbonyl (C=O) groups is 1. The molecular formula is C14H11N3O4S. The maximum Gasteiger partial charge on any atom is 0.352 e. The summed E-state index contributed by atoms with van der Waals surface area (Å²) in [6.45, 7) is 0. The summed E-state index contributed by atoms with van der Waals surface area (Å²) in [7, 11) is -3.90. The molecule has 0 aliphatic heterocycles. The molecule has 2 aromatic heterocycles. The lowest BCUT2D eigenvalue weighted by Gasteiger charge is -2.08. The van der Waals surface area contributed by atoms with Crippen molar-refractivity contribution in [2.75, 3.05) is 4.72 Å². The van der Waals surface area contributed by atoms with Crippen molar-refractivity contribution in [3.63, 3.8) is 0 Å². The molecule has 0 saturated carbocycles. The quantitative estimate of drug-likeness (QED) is 0.682. The normalized spacial score (nSPS) is 11.5. The zero-order chi connectivity index (χ0) is 15.7. The van der Waals surface area contributed by atoms with Gasteiger partial charge in [0.1, 0.15) is 10.6 Å². The zero-order valence-electron chi connectivity index (χ0n) is 11.1. The van der Waals surface area contributed by atoms with Crippen LogP contribution in [0.3, 0.4) is 0 Å². The van der Waals surface area contributed by atoms with Crippen LogP contribution >= 0.6 is 0 Å². The van der Waals surface area contributed by atoms with Crippen LogP contribution in [-0.2, 0) is 10.0 Å². The molecule has 0 amide bonds. The van der Waals surface area contributed by atoms with E-state index in [0.717, 1.165) is 17.6 Å². The van der Waals surface area contributed by atoms with E-state index in [4.69, 9.17) is 5.11 Å². The number of sulfonamides is 1. The van der Waals surface area contributed by atoms with Gasteiger partial charge in [0.2, 0.25) is 0 Å². The minimum atomic E-state index is -3.90. The Morgan fingerprint density at radius 2 is 2.00 bits per heavy atom. The van der Waals surface area contributed by atoms with Crippen LogP contribution in [0.4, 0.5) is 5.69 Å². The van der Waals surface area contributed by atoms with Crippen LogP contribution in [0.15, 0.2) is 53.7 Å². The number of H-pyrrole nitrogens is 1. The Hall–Kier alpha value is -2.87. The fourth-order valence-corrected chi connectivity index (χ4v) is 3.10. The number of aromatic amines is 1. The third-order valence-corrected chi connectivity index (χ3v) is 4.42. The Balaban J connectivity index is 2.01. The Kier molecular flexibility index (Phi) is 3.30. The standard InChI is InChI=1S/C14H11N3O4S/c18-14(19)12-7-10(8-16-12)22(20,21)17-11-5-1-3-9-4-2-6-15-13(9)11/h1-8,16-17H,(H,18,19). The highest BCUT2D eigenvalue weighted by molar-refractivity contribution is 7.92. The van der Waals surface area contributed by atoms with E-state index in [0.29, 0.717) is 11.2 Å². The molecule has 0 bridgehead atoms. The first-order valence-electron chi connectivity index (χ1n) is 6.26. The monoisotopic (exact) mass is 317 g/mol. The number of aromatic nitrogens is 2. The molecule has 3 rings (SSSR count). The zero-order valence-corrected chi connectivity index (χ0v) is 12.0. The molecule has 1 aromatic carbocycles. The number of hydrogen-bond donors (Lipinski definition) is 3. The number of aromatic carboxylic acids is 1. The number of benzene rings is 1. The Bertz CT molecular complexity index is 958. The first kappa shape index (κ1) is 14.1. The van der Waals surface area contributed by atoms with Gasteiger partial charge in [-0.05, 0) is 18.2 Å². The molecule has 0 atom stereocenters. The predicted octanol–water partition coefficient (Wildman–Crippen LogP) is 2.06. The van der Waals surface area contributed by atoms with Crippen molar-refractivity contribution in [1.82, 2.24) is 9.97 Å². The van der Waals surface area contributed by atoms with Gasteiger partial charge in [0.25, 0.3) is 10.0 Å². The van der Waals surface area contributed by atoms with Crippen LogP contribution in [0.2, 0.25) is 0 Å². The van der Waals surface area contributed by atoms with E-state index in [2.05, 4.69) is 14.7 Å². The number of para-hydroxylation sites is 1.